The van der Waals surface area contributed by atoms with Gasteiger partial charge in [0, 0.05) is 13.5 Å². The lowest BCUT2D eigenvalue weighted by Crippen LogP contribution is -2.27. The second-order valence-electron chi connectivity index (χ2n) is 3.31. The average Bonchev–Trinajstić information content (AvgIpc) is 2.28. The van der Waals surface area contributed by atoms with E-state index < -0.39 is 11.9 Å². The molecule has 17 heavy (non-hydrogen) atoms. The summed E-state index contributed by atoms with van der Waals surface area (Å²) in [5.41, 5.74) is 0.745. The molecule has 0 saturated carbocycles. The lowest BCUT2D eigenvalue weighted by atomic mass is 10.2. The van der Waals surface area contributed by atoms with Crippen molar-refractivity contribution in [3.63, 3.8) is 0 Å². The standard InChI is InChI=1S/C11H11BrFNO3/c1-7(15)17-6-11(16)14-5-8-2-3-10(13)9(12)4-8/h2-4H,5-6H2,1H3,(H,14,16). The Hall–Kier alpha value is -1.43. The van der Waals surface area contributed by atoms with E-state index in [2.05, 4.69) is 26.0 Å². The first-order valence-corrected chi connectivity index (χ1v) is 5.62. The summed E-state index contributed by atoms with van der Waals surface area (Å²) >= 11 is 3.05. The minimum atomic E-state index is -0.510. The Morgan fingerprint density at radius 3 is 2.76 bits per heavy atom. The van der Waals surface area contributed by atoms with Crippen LogP contribution in [0.4, 0.5) is 4.39 Å². The molecular formula is C11H11BrFNO3. The van der Waals surface area contributed by atoms with Crippen LogP contribution >= 0.6 is 15.9 Å². The van der Waals surface area contributed by atoms with Crippen molar-refractivity contribution < 1.29 is 18.7 Å². The summed E-state index contributed by atoms with van der Waals surface area (Å²) in [5, 5.41) is 2.54. The Bertz CT molecular complexity index is 437. The number of nitrogens with one attached hydrogen (secondary N) is 1. The van der Waals surface area contributed by atoms with Crippen molar-refractivity contribution in [1.82, 2.24) is 5.32 Å². The molecule has 0 aliphatic heterocycles. The molecule has 0 spiro atoms. The van der Waals surface area contributed by atoms with E-state index in [1.165, 1.54) is 13.0 Å². The number of benzene rings is 1. The number of ether oxygens (including phenoxy) is 1. The van der Waals surface area contributed by atoms with E-state index in [4.69, 9.17) is 0 Å². The van der Waals surface area contributed by atoms with Crippen molar-refractivity contribution in [1.29, 1.82) is 0 Å². The van der Waals surface area contributed by atoms with Gasteiger partial charge in [-0.2, -0.15) is 0 Å². The fraction of sp³-hybridized carbons (Fsp3) is 0.273. The number of carbonyl (C=O) groups is 2. The van der Waals surface area contributed by atoms with E-state index in [1.54, 1.807) is 12.1 Å². The molecule has 0 heterocycles. The topological polar surface area (TPSA) is 55.4 Å². The zero-order valence-electron chi connectivity index (χ0n) is 9.13. The fourth-order valence-corrected chi connectivity index (χ4v) is 1.49. The van der Waals surface area contributed by atoms with Crippen LogP contribution in [0.5, 0.6) is 0 Å². The van der Waals surface area contributed by atoms with Gasteiger partial charge in [0.15, 0.2) is 6.61 Å². The summed E-state index contributed by atoms with van der Waals surface area (Å²) in [6.45, 7) is 1.17. The Morgan fingerprint density at radius 1 is 1.47 bits per heavy atom. The molecule has 0 unspecified atom stereocenters. The van der Waals surface area contributed by atoms with Crippen LogP contribution in [-0.2, 0) is 20.9 Å². The summed E-state index contributed by atoms with van der Waals surface area (Å²) in [6.07, 6.45) is 0. The summed E-state index contributed by atoms with van der Waals surface area (Å²) in [7, 11) is 0. The van der Waals surface area contributed by atoms with Gasteiger partial charge in [-0.3, -0.25) is 9.59 Å². The second-order valence-corrected chi connectivity index (χ2v) is 4.16. The Kier molecular flexibility index (Phi) is 5.09. The molecule has 6 heteroatoms. The van der Waals surface area contributed by atoms with Crippen LogP contribution in [0.3, 0.4) is 0 Å². The molecular weight excluding hydrogens is 293 g/mol. The monoisotopic (exact) mass is 303 g/mol. The highest BCUT2D eigenvalue weighted by Gasteiger charge is 2.05. The van der Waals surface area contributed by atoms with Gasteiger partial charge in [0.2, 0.25) is 0 Å². The van der Waals surface area contributed by atoms with E-state index in [0.29, 0.717) is 4.47 Å². The maximum atomic E-state index is 12.9. The minimum absolute atomic E-state index is 0.249. The first-order valence-electron chi connectivity index (χ1n) is 4.83. The number of amides is 1. The van der Waals surface area contributed by atoms with Crippen molar-refractivity contribution >= 4 is 27.8 Å². The summed E-state index contributed by atoms with van der Waals surface area (Å²) in [4.78, 5) is 21.7. The number of rotatable bonds is 4. The zero-order chi connectivity index (χ0) is 12.8. The molecule has 0 bridgehead atoms. The number of hydrogen-bond acceptors (Lipinski definition) is 3. The van der Waals surface area contributed by atoms with E-state index in [1.807, 2.05) is 0 Å². The zero-order valence-corrected chi connectivity index (χ0v) is 10.7. The smallest absolute Gasteiger partial charge is 0.303 e. The Balaban J connectivity index is 2.42. The number of hydrogen-bond donors (Lipinski definition) is 1. The summed E-state index contributed by atoms with van der Waals surface area (Å²) < 4.78 is 17.8. The van der Waals surface area contributed by atoms with Crippen molar-refractivity contribution in [3.05, 3.63) is 34.1 Å². The van der Waals surface area contributed by atoms with Gasteiger partial charge in [-0.15, -0.1) is 0 Å². The number of carbonyl (C=O) groups excluding carboxylic acids is 2. The van der Waals surface area contributed by atoms with Crippen molar-refractivity contribution in [2.24, 2.45) is 0 Å². The highest BCUT2D eigenvalue weighted by atomic mass is 79.9. The van der Waals surface area contributed by atoms with Gasteiger partial charge in [0.1, 0.15) is 5.82 Å². The van der Waals surface area contributed by atoms with E-state index >= 15 is 0 Å². The molecule has 0 fully saturated rings. The van der Waals surface area contributed by atoms with Crippen LogP contribution in [0.2, 0.25) is 0 Å². The van der Waals surface area contributed by atoms with Crippen molar-refractivity contribution in [3.8, 4) is 0 Å². The molecule has 92 valence electrons. The van der Waals surface area contributed by atoms with Gasteiger partial charge in [0.05, 0.1) is 4.47 Å². The lowest BCUT2D eigenvalue weighted by Gasteiger charge is -2.06. The molecule has 0 saturated heterocycles. The maximum Gasteiger partial charge on any atom is 0.303 e. The predicted molar refractivity (Wildman–Crippen MR) is 62.6 cm³/mol. The third-order valence-corrected chi connectivity index (χ3v) is 2.49. The normalized spacial score (nSPS) is 9.82. The van der Waals surface area contributed by atoms with Gasteiger partial charge >= 0.3 is 5.97 Å². The molecule has 0 radical (unpaired) electrons. The van der Waals surface area contributed by atoms with Crippen LogP contribution in [0.25, 0.3) is 0 Å². The molecule has 4 nitrogen and oxygen atoms in total. The largest absolute Gasteiger partial charge is 0.456 e. The van der Waals surface area contributed by atoms with Crippen molar-refractivity contribution in [2.45, 2.75) is 13.5 Å². The van der Waals surface area contributed by atoms with Gasteiger partial charge in [-0.25, -0.2) is 4.39 Å². The van der Waals surface area contributed by atoms with Crippen molar-refractivity contribution in [2.75, 3.05) is 6.61 Å². The number of esters is 1. The summed E-state index contributed by atoms with van der Waals surface area (Å²) in [5.74, 6) is -1.27. The van der Waals surface area contributed by atoms with Crippen LogP contribution in [0.15, 0.2) is 22.7 Å². The quantitative estimate of drug-likeness (QED) is 0.863. The fourth-order valence-electron chi connectivity index (χ4n) is 1.07. The van der Waals surface area contributed by atoms with Crippen LogP contribution in [-0.4, -0.2) is 18.5 Å². The van der Waals surface area contributed by atoms with Gasteiger partial charge in [-0.05, 0) is 33.6 Å². The first-order chi connectivity index (χ1) is 7.99. The van der Waals surface area contributed by atoms with Gasteiger partial charge in [0.25, 0.3) is 5.91 Å². The third kappa shape index (κ3) is 4.95. The maximum absolute atomic E-state index is 12.9. The lowest BCUT2D eigenvalue weighted by molar-refractivity contribution is -0.146. The van der Waals surface area contributed by atoms with E-state index in [9.17, 15) is 14.0 Å². The molecule has 1 aromatic rings. The second kappa shape index (κ2) is 6.34. The van der Waals surface area contributed by atoms with E-state index in [-0.39, 0.29) is 19.0 Å². The molecule has 0 aliphatic rings. The molecule has 0 atom stereocenters. The highest BCUT2D eigenvalue weighted by molar-refractivity contribution is 9.10. The van der Waals surface area contributed by atoms with Crippen LogP contribution in [0.1, 0.15) is 12.5 Å². The molecule has 0 aromatic heterocycles. The highest BCUT2D eigenvalue weighted by Crippen LogP contribution is 2.16. The first kappa shape index (κ1) is 13.6. The van der Waals surface area contributed by atoms with Crippen LogP contribution in [0, 0.1) is 5.82 Å². The minimum Gasteiger partial charge on any atom is -0.456 e. The molecule has 1 N–H and O–H groups in total. The average molecular weight is 304 g/mol. The van der Waals surface area contributed by atoms with Crippen LogP contribution < -0.4 is 5.32 Å². The Labute approximate surface area is 106 Å². The number of halogens is 2. The molecule has 0 aliphatic carbocycles. The molecule has 1 aromatic carbocycles. The van der Waals surface area contributed by atoms with Gasteiger partial charge in [-0.1, -0.05) is 6.07 Å². The SMILES string of the molecule is CC(=O)OCC(=O)NCc1ccc(F)c(Br)c1. The van der Waals surface area contributed by atoms with Gasteiger partial charge < -0.3 is 10.1 Å². The summed E-state index contributed by atoms with van der Waals surface area (Å²) in [6, 6.07) is 4.44. The molecule has 1 amide bonds. The Morgan fingerprint density at radius 2 is 2.18 bits per heavy atom. The predicted octanol–water partition coefficient (Wildman–Crippen LogP) is 1.77. The third-order valence-electron chi connectivity index (χ3n) is 1.88. The molecule has 1 rings (SSSR count). The van der Waals surface area contributed by atoms with E-state index in [0.717, 1.165) is 5.56 Å².